The van der Waals surface area contributed by atoms with Crippen LogP contribution >= 0.6 is 23.2 Å². The van der Waals surface area contributed by atoms with Gasteiger partial charge in [0.2, 0.25) is 17.7 Å². The minimum absolute atomic E-state index is 0.199. The summed E-state index contributed by atoms with van der Waals surface area (Å²) in [7, 11) is 0. The SMILES string of the molecule is O=C(Nc1cc(Cl)ccc1Cl)[C@H](Cc1ccccc1)N1C(=O)[C@@H]2[C@H]3CC[C@@H](C3)[C@@H]2C1=O. The average Bonchev–Trinajstić information content (AvgIpc) is 3.44. The Morgan fingerprint density at radius 2 is 1.65 bits per heavy atom. The van der Waals surface area contributed by atoms with Crippen molar-refractivity contribution >= 4 is 46.6 Å². The van der Waals surface area contributed by atoms with Crippen LogP contribution in [0, 0.1) is 23.7 Å². The van der Waals surface area contributed by atoms with Gasteiger partial charge in [-0.05, 0) is 54.9 Å². The van der Waals surface area contributed by atoms with Crippen molar-refractivity contribution in [2.75, 3.05) is 5.32 Å². The van der Waals surface area contributed by atoms with Gasteiger partial charge in [-0.25, -0.2) is 0 Å². The molecule has 31 heavy (non-hydrogen) atoms. The highest BCUT2D eigenvalue weighted by atomic mass is 35.5. The van der Waals surface area contributed by atoms with Crippen LogP contribution in [0.25, 0.3) is 0 Å². The fraction of sp³-hybridized carbons (Fsp3) is 0.375. The highest BCUT2D eigenvalue weighted by Gasteiger charge is 2.62. The number of halogens is 2. The standard InChI is InChI=1S/C24H22Cl2N2O3/c25-16-8-9-17(26)18(12-16)27-22(29)19(10-13-4-2-1-3-5-13)28-23(30)20-14-6-7-15(11-14)21(20)24(28)31/h1-5,8-9,12,14-15,19-21H,6-7,10-11H2,(H,27,29)/t14-,15-,19-,20-,21+/m0/s1. The van der Waals surface area contributed by atoms with E-state index in [1.807, 2.05) is 30.3 Å². The molecule has 0 aromatic heterocycles. The number of carbonyl (C=O) groups excluding carboxylic acids is 3. The summed E-state index contributed by atoms with van der Waals surface area (Å²) in [5, 5.41) is 3.56. The molecule has 2 saturated carbocycles. The Balaban J connectivity index is 1.47. The van der Waals surface area contributed by atoms with E-state index >= 15 is 0 Å². The van der Waals surface area contributed by atoms with Gasteiger partial charge in [0.1, 0.15) is 6.04 Å². The lowest BCUT2D eigenvalue weighted by molar-refractivity contribution is -0.147. The van der Waals surface area contributed by atoms with Gasteiger partial charge in [0.05, 0.1) is 22.5 Å². The number of benzene rings is 2. The molecule has 0 unspecified atom stereocenters. The van der Waals surface area contributed by atoms with Crippen molar-refractivity contribution < 1.29 is 14.4 Å². The van der Waals surface area contributed by atoms with E-state index in [0.29, 0.717) is 15.7 Å². The molecule has 3 fully saturated rings. The molecule has 2 aromatic rings. The lowest BCUT2D eigenvalue weighted by atomic mass is 9.81. The zero-order chi connectivity index (χ0) is 21.7. The lowest BCUT2D eigenvalue weighted by Crippen LogP contribution is -2.49. The number of hydrogen-bond acceptors (Lipinski definition) is 3. The van der Waals surface area contributed by atoms with Crippen LogP contribution in [0.15, 0.2) is 48.5 Å². The number of likely N-dealkylation sites (tertiary alicyclic amines) is 1. The maximum atomic E-state index is 13.4. The molecule has 160 valence electrons. The van der Waals surface area contributed by atoms with Crippen molar-refractivity contribution in [3.8, 4) is 0 Å². The van der Waals surface area contributed by atoms with Gasteiger partial charge < -0.3 is 5.32 Å². The zero-order valence-corrected chi connectivity index (χ0v) is 18.3. The molecule has 0 spiro atoms. The molecule has 3 aliphatic rings. The third-order valence-corrected chi connectivity index (χ3v) is 7.60. The Morgan fingerprint density at radius 1 is 1.00 bits per heavy atom. The Labute approximate surface area is 190 Å². The number of nitrogens with one attached hydrogen (secondary N) is 1. The molecular formula is C24H22Cl2N2O3. The molecule has 5 rings (SSSR count). The third kappa shape index (κ3) is 3.54. The van der Waals surface area contributed by atoms with E-state index in [-0.39, 0.29) is 41.9 Å². The van der Waals surface area contributed by atoms with E-state index < -0.39 is 11.9 Å². The van der Waals surface area contributed by atoms with Crippen LogP contribution in [-0.2, 0) is 20.8 Å². The third-order valence-electron chi connectivity index (χ3n) is 7.03. The van der Waals surface area contributed by atoms with Crippen molar-refractivity contribution in [1.29, 1.82) is 0 Å². The normalized spacial score (nSPS) is 27.5. The van der Waals surface area contributed by atoms with Gasteiger partial charge in [-0.2, -0.15) is 0 Å². The number of nitrogens with zero attached hydrogens (tertiary/aromatic N) is 1. The quantitative estimate of drug-likeness (QED) is 0.669. The van der Waals surface area contributed by atoms with Crippen molar-refractivity contribution in [3.63, 3.8) is 0 Å². The van der Waals surface area contributed by atoms with Crippen molar-refractivity contribution in [2.24, 2.45) is 23.7 Å². The molecule has 1 heterocycles. The maximum absolute atomic E-state index is 13.4. The van der Waals surface area contributed by atoms with Crippen LogP contribution in [0.1, 0.15) is 24.8 Å². The molecule has 5 atom stereocenters. The summed E-state index contributed by atoms with van der Waals surface area (Å²) in [4.78, 5) is 41.4. The lowest BCUT2D eigenvalue weighted by Gasteiger charge is -2.27. The fourth-order valence-electron chi connectivity index (χ4n) is 5.69. The van der Waals surface area contributed by atoms with Crippen molar-refractivity contribution in [3.05, 3.63) is 64.1 Å². The summed E-state index contributed by atoms with van der Waals surface area (Å²) in [5.41, 5.74) is 1.23. The number of fused-ring (bicyclic) bond motifs is 5. The molecule has 5 nitrogen and oxygen atoms in total. The summed E-state index contributed by atoms with van der Waals surface area (Å²) >= 11 is 12.3. The fourth-order valence-corrected chi connectivity index (χ4v) is 6.02. The predicted molar refractivity (Wildman–Crippen MR) is 119 cm³/mol. The maximum Gasteiger partial charge on any atom is 0.248 e. The molecule has 2 aromatic carbocycles. The second-order valence-electron chi connectivity index (χ2n) is 8.75. The number of rotatable bonds is 5. The van der Waals surface area contributed by atoms with Crippen LogP contribution in [-0.4, -0.2) is 28.7 Å². The monoisotopic (exact) mass is 456 g/mol. The van der Waals surface area contributed by atoms with Crippen molar-refractivity contribution in [2.45, 2.75) is 31.7 Å². The van der Waals surface area contributed by atoms with E-state index in [9.17, 15) is 14.4 Å². The first-order valence-electron chi connectivity index (χ1n) is 10.6. The zero-order valence-electron chi connectivity index (χ0n) is 16.8. The Bertz CT molecular complexity index is 1030. The van der Waals surface area contributed by atoms with Gasteiger partial charge in [-0.15, -0.1) is 0 Å². The van der Waals surface area contributed by atoms with Gasteiger partial charge in [0, 0.05) is 11.4 Å². The van der Waals surface area contributed by atoms with Crippen LogP contribution in [0.2, 0.25) is 10.0 Å². The summed E-state index contributed by atoms with van der Waals surface area (Å²) in [5.74, 6) is -0.856. The molecule has 2 bridgehead atoms. The van der Waals surface area contributed by atoms with Gasteiger partial charge in [0.25, 0.3) is 0 Å². The first-order chi connectivity index (χ1) is 14.9. The smallest absolute Gasteiger partial charge is 0.248 e. The van der Waals surface area contributed by atoms with Gasteiger partial charge in [-0.3, -0.25) is 19.3 Å². The minimum Gasteiger partial charge on any atom is -0.323 e. The number of amides is 3. The Morgan fingerprint density at radius 3 is 2.29 bits per heavy atom. The molecule has 1 saturated heterocycles. The molecular weight excluding hydrogens is 435 g/mol. The van der Waals surface area contributed by atoms with E-state index in [2.05, 4.69) is 5.32 Å². The largest absolute Gasteiger partial charge is 0.323 e. The Hall–Kier alpha value is -2.37. The summed E-state index contributed by atoms with van der Waals surface area (Å²) < 4.78 is 0. The first-order valence-corrected chi connectivity index (χ1v) is 11.4. The average molecular weight is 457 g/mol. The number of imide groups is 1. The Kier molecular flexibility index (Phi) is 5.27. The highest BCUT2D eigenvalue weighted by Crippen LogP contribution is 2.56. The summed E-state index contributed by atoms with van der Waals surface area (Å²) in [6.07, 6.45) is 3.18. The van der Waals surface area contributed by atoms with E-state index in [0.717, 1.165) is 24.8 Å². The first kappa shape index (κ1) is 20.5. The van der Waals surface area contributed by atoms with Crippen LogP contribution < -0.4 is 5.32 Å². The van der Waals surface area contributed by atoms with Crippen molar-refractivity contribution in [1.82, 2.24) is 4.90 Å². The molecule has 3 amide bonds. The van der Waals surface area contributed by atoms with E-state index in [1.54, 1.807) is 18.2 Å². The van der Waals surface area contributed by atoms with Gasteiger partial charge in [-0.1, -0.05) is 53.5 Å². The molecule has 0 radical (unpaired) electrons. The number of carbonyl (C=O) groups is 3. The van der Waals surface area contributed by atoms with E-state index in [1.165, 1.54) is 4.90 Å². The molecule has 1 N–H and O–H groups in total. The molecule has 1 aliphatic heterocycles. The van der Waals surface area contributed by atoms with Crippen LogP contribution in [0.3, 0.4) is 0 Å². The summed E-state index contributed by atoms with van der Waals surface area (Å²) in [6.45, 7) is 0. The van der Waals surface area contributed by atoms with E-state index in [4.69, 9.17) is 23.2 Å². The topological polar surface area (TPSA) is 66.5 Å². The second-order valence-corrected chi connectivity index (χ2v) is 9.59. The van der Waals surface area contributed by atoms with Crippen LogP contribution in [0.4, 0.5) is 5.69 Å². The predicted octanol–water partition coefficient (Wildman–Crippen LogP) is 4.57. The summed E-state index contributed by atoms with van der Waals surface area (Å²) in [6, 6.07) is 13.3. The van der Waals surface area contributed by atoms with Gasteiger partial charge in [0.15, 0.2) is 0 Å². The highest BCUT2D eigenvalue weighted by molar-refractivity contribution is 6.35. The molecule has 7 heteroatoms. The van der Waals surface area contributed by atoms with Gasteiger partial charge >= 0.3 is 0 Å². The number of hydrogen-bond donors (Lipinski definition) is 1. The van der Waals surface area contributed by atoms with Crippen LogP contribution in [0.5, 0.6) is 0 Å². The molecule has 2 aliphatic carbocycles. The number of anilines is 1. The second kappa shape index (κ2) is 7.95. The minimum atomic E-state index is -0.942.